The zero-order valence-electron chi connectivity index (χ0n) is 13.3. The van der Waals surface area contributed by atoms with E-state index in [1.54, 1.807) is 42.5 Å². The minimum absolute atomic E-state index is 0.0937. The van der Waals surface area contributed by atoms with Crippen LogP contribution in [-0.2, 0) is 9.84 Å². The number of halogens is 1. The van der Waals surface area contributed by atoms with Crippen molar-refractivity contribution in [2.75, 3.05) is 13.2 Å². The Balaban J connectivity index is 2.06. The predicted octanol–water partition coefficient (Wildman–Crippen LogP) is 2.53. The molecule has 0 radical (unpaired) electrons. The van der Waals surface area contributed by atoms with Crippen molar-refractivity contribution >= 4 is 21.4 Å². The SMILES string of the molecule is Cc1ccc(S(=O)(=O)[C@@H]2[C@H](c3cccc(Cl)c3)[C@@]2(CN)CO)cc1. The van der Waals surface area contributed by atoms with Crippen molar-refractivity contribution in [3.05, 3.63) is 64.7 Å². The largest absolute Gasteiger partial charge is 0.396 e. The molecule has 128 valence electrons. The summed E-state index contributed by atoms with van der Waals surface area (Å²) in [6, 6.07) is 13.9. The average Bonchev–Trinajstić information content (AvgIpc) is 3.26. The van der Waals surface area contributed by atoms with Crippen LogP contribution in [0.5, 0.6) is 0 Å². The first-order chi connectivity index (χ1) is 11.4. The van der Waals surface area contributed by atoms with E-state index in [2.05, 4.69) is 0 Å². The van der Waals surface area contributed by atoms with Gasteiger partial charge >= 0.3 is 0 Å². The second-order valence-electron chi connectivity index (χ2n) is 6.41. The van der Waals surface area contributed by atoms with E-state index in [9.17, 15) is 13.5 Å². The molecule has 2 aromatic rings. The Bertz CT molecular complexity index is 845. The number of hydrogen-bond donors (Lipinski definition) is 2. The molecule has 0 spiro atoms. The van der Waals surface area contributed by atoms with E-state index < -0.39 is 20.5 Å². The minimum atomic E-state index is -3.61. The van der Waals surface area contributed by atoms with Gasteiger partial charge in [0.1, 0.15) is 0 Å². The van der Waals surface area contributed by atoms with Crippen LogP contribution in [0.15, 0.2) is 53.4 Å². The van der Waals surface area contributed by atoms with E-state index in [-0.39, 0.29) is 24.0 Å². The van der Waals surface area contributed by atoms with Gasteiger partial charge in [-0.3, -0.25) is 0 Å². The van der Waals surface area contributed by atoms with Crippen LogP contribution in [0.25, 0.3) is 0 Å². The first-order valence-electron chi connectivity index (χ1n) is 7.74. The van der Waals surface area contributed by atoms with E-state index in [0.717, 1.165) is 11.1 Å². The van der Waals surface area contributed by atoms with Gasteiger partial charge in [0.25, 0.3) is 0 Å². The third kappa shape index (κ3) is 2.65. The number of aryl methyl sites for hydroxylation is 1. The third-order valence-electron chi connectivity index (χ3n) is 4.95. The lowest BCUT2D eigenvalue weighted by molar-refractivity contribution is 0.212. The molecule has 2 aromatic carbocycles. The van der Waals surface area contributed by atoms with Crippen molar-refractivity contribution in [1.82, 2.24) is 0 Å². The number of aliphatic hydroxyl groups excluding tert-OH is 1. The van der Waals surface area contributed by atoms with Gasteiger partial charge < -0.3 is 10.8 Å². The average molecular weight is 366 g/mol. The molecule has 0 bridgehead atoms. The molecule has 1 saturated carbocycles. The Morgan fingerprint density at radius 3 is 2.42 bits per heavy atom. The number of rotatable bonds is 5. The summed E-state index contributed by atoms with van der Waals surface area (Å²) >= 11 is 6.05. The van der Waals surface area contributed by atoms with Gasteiger partial charge in [-0.15, -0.1) is 0 Å². The summed E-state index contributed by atoms with van der Waals surface area (Å²) in [4.78, 5) is 0.258. The second-order valence-corrected chi connectivity index (χ2v) is 8.91. The maximum absolute atomic E-state index is 13.1. The summed E-state index contributed by atoms with van der Waals surface area (Å²) in [5, 5.41) is 9.69. The number of hydrogen-bond acceptors (Lipinski definition) is 4. The Hall–Kier alpha value is -1.40. The number of nitrogens with two attached hydrogens (primary N) is 1. The van der Waals surface area contributed by atoms with Crippen molar-refractivity contribution in [1.29, 1.82) is 0 Å². The molecule has 1 aliphatic carbocycles. The van der Waals surface area contributed by atoms with Gasteiger partial charge in [0.05, 0.1) is 16.8 Å². The van der Waals surface area contributed by atoms with Gasteiger partial charge in [0.2, 0.25) is 0 Å². The zero-order chi connectivity index (χ0) is 17.5. The van der Waals surface area contributed by atoms with E-state index in [0.29, 0.717) is 5.02 Å². The lowest BCUT2D eigenvalue weighted by atomic mass is 10.0. The Labute approximate surface area is 147 Å². The number of sulfone groups is 1. The van der Waals surface area contributed by atoms with Gasteiger partial charge in [0, 0.05) is 22.9 Å². The standard InChI is InChI=1S/C18H20ClNO3S/c1-12-5-7-15(8-6-12)24(22,23)17-16(18(17,10-20)11-21)13-3-2-4-14(19)9-13/h2-9,16-17,21H,10-11,20H2,1H3/t16-,17+,18+/m0/s1. The fraction of sp³-hybridized carbons (Fsp3) is 0.333. The summed E-state index contributed by atoms with van der Waals surface area (Å²) in [5.74, 6) is -0.363. The molecule has 1 aliphatic rings. The first kappa shape index (κ1) is 17.4. The molecule has 3 rings (SSSR count). The minimum Gasteiger partial charge on any atom is -0.396 e. The summed E-state index contributed by atoms with van der Waals surface area (Å²) < 4.78 is 26.2. The monoisotopic (exact) mass is 365 g/mol. The fourth-order valence-electron chi connectivity index (χ4n) is 3.52. The molecule has 4 nitrogen and oxygen atoms in total. The quantitative estimate of drug-likeness (QED) is 0.853. The zero-order valence-corrected chi connectivity index (χ0v) is 14.9. The van der Waals surface area contributed by atoms with Crippen molar-refractivity contribution in [2.45, 2.75) is 23.0 Å². The van der Waals surface area contributed by atoms with Crippen molar-refractivity contribution in [2.24, 2.45) is 11.1 Å². The first-order valence-corrected chi connectivity index (χ1v) is 9.66. The van der Waals surface area contributed by atoms with Crippen LogP contribution < -0.4 is 5.73 Å². The highest BCUT2D eigenvalue weighted by Crippen LogP contribution is 2.63. The highest BCUT2D eigenvalue weighted by atomic mass is 35.5. The molecule has 0 aromatic heterocycles. The Morgan fingerprint density at radius 2 is 1.88 bits per heavy atom. The fourth-order valence-corrected chi connectivity index (χ4v) is 6.17. The van der Waals surface area contributed by atoms with Crippen LogP contribution >= 0.6 is 11.6 Å². The molecule has 0 unspecified atom stereocenters. The molecule has 6 heteroatoms. The highest BCUT2D eigenvalue weighted by Gasteiger charge is 2.70. The van der Waals surface area contributed by atoms with Crippen LogP contribution in [0.2, 0.25) is 5.02 Å². The van der Waals surface area contributed by atoms with Crippen molar-refractivity contribution in [3.63, 3.8) is 0 Å². The van der Waals surface area contributed by atoms with Crippen LogP contribution in [0.3, 0.4) is 0 Å². The second kappa shape index (κ2) is 6.15. The van der Waals surface area contributed by atoms with Gasteiger partial charge in [0.15, 0.2) is 9.84 Å². The Kier molecular flexibility index (Phi) is 4.47. The molecule has 1 fully saturated rings. The molecule has 0 aliphatic heterocycles. The highest BCUT2D eigenvalue weighted by molar-refractivity contribution is 7.92. The van der Waals surface area contributed by atoms with Crippen molar-refractivity contribution < 1.29 is 13.5 Å². The van der Waals surface area contributed by atoms with Crippen molar-refractivity contribution in [3.8, 4) is 0 Å². The topological polar surface area (TPSA) is 80.4 Å². The lowest BCUT2D eigenvalue weighted by Gasteiger charge is -2.12. The predicted molar refractivity (Wildman–Crippen MR) is 94.9 cm³/mol. The van der Waals surface area contributed by atoms with Crippen LogP contribution in [0.4, 0.5) is 0 Å². The molecular weight excluding hydrogens is 346 g/mol. The molecule has 0 saturated heterocycles. The molecule has 3 atom stereocenters. The number of benzene rings is 2. The Morgan fingerprint density at radius 1 is 1.21 bits per heavy atom. The van der Waals surface area contributed by atoms with E-state index in [4.69, 9.17) is 17.3 Å². The third-order valence-corrected chi connectivity index (χ3v) is 7.52. The van der Waals surface area contributed by atoms with Crippen LogP contribution in [0.1, 0.15) is 17.0 Å². The molecule has 0 heterocycles. The normalized spacial score (nSPS) is 26.3. The summed E-state index contributed by atoms with van der Waals surface area (Å²) in [5.41, 5.74) is 6.79. The van der Waals surface area contributed by atoms with Crippen LogP contribution in [-0.4, -0.2) is 31.9 Å². The number of aliphatic hydroxyl groups is 1. The van der Waals surface area contributed by atoms with Gasteiger partial charge in [-0.2, -0.15) is 0 Å². The summed E-state index contributed by atoms with van der Waals surface area (Å²) in [6.45, 7) is 1.72. The maximum atomic E-state index is 13.1. The van der Waals surface area contributed by atoms with E-state index in [1.807, 2.05) is 13.0 Å². The maximum Gasteiger partial charge on any atom is 0.182 e. The van der Waals surface area contributed by atoms with Crippen LogP contribution in [0, 0.1) is 12.3 Å². The smallest absolute Gasteiger partial charge is 0.182 e. The van der Waals surface area contributed by atoms with E-state index >= 15 is 0 Å². The lowest BCUT2D eigenvalue weighted by Crippen LogP contribution is -2.27. The molecule has 24 heavy (non-hydrogen) atoms. The summed E-state index contributed by atoms with van der Waals surface area (Å²) in [7, 11) is -3.61. The van der Waals surface area contributed by atoms with E-state index in [1.165, 1.54) is 0 Å². The molecule has 3 N–H and O–H groups in total. The molecular formula is C18H20ClNO3S. The van der Waals surface area contributed by atoms with Gasteiger partial charge in [-0.1, -0.05) is 41.4 Å². The summed E-state index contributed by atoms with van der Waals surface area (Å²) in [6.07, 6.45) is 0. The molecule has 0 amide bonds. The van der Waals surface area contributed by atoms with Gasteiger partial charge in [-0.05, 0) is 36.8 Å². The van der Waals surface area contributed by atoms with Gasteiger partial charge in [-0.25, -0.2) is 8.42 Å².